The van der Waals surface area contributed by atoms with E-state index < -0.39 is 27.5 Å². The van der Waals surface area contributed by atoms with Crippen molar-refractivity contribution in [3.05, 3.63) is 59.9 Å². The highest BCUT2D eigenvalue weighted by Gasteiger charge is 2.39. The van der Waals surface area contributed by atoms with Gasteiger partial charge in [-0.2, -0.15) is 4.31 Å². The molecule has 0 spiro atoms. The zero-order valence-corrected chi connectivity index (χ0v) is 15.8. The molecule has 2 aliphatic rings. The molecule has 7 nitrogen and oxygen atoms in total. The molecule has 1 amide bonds. The number of fused-ring (bicyclic) bond motifs is 1. The number of Topliss-reactive ketones (excluding diaryl/α,β-unsaturated/α-hetero) is 1. The molecule has 0 saturated carbocycles. The monoisotopic (exact) mass is 404 g/mol. The first-order valence-electron chi connectivity index (χ1n) is 8.92. The van der Waals surface area contributed by atoms with E-state index >= 15 is 0 Å². The maximum absolute atomic E-state index is 13.6. The summed E-state index contributed by atoms with van der Waals surface area (Å²) in [5, 5.41) is 0. The van der Waals surface area contributed by atoms with Gasteiger partial charge in [0, 0.05) is 0 Å². The van der Waals surface area contributed by atoms with Gasteiger partial charge in [-0.1, -0.05) is 18.2 Å². The SMILES string of the molecule is O=C1C(=O)N(C[NH+]2CCN(S(=O)(=O)c3ccccc3)CC2)c2cc(F)ccc21. The van der Waals surface area contributed by atoms with Crippen LogP contribution < -0.4 is 9.80 Å². The number of amides is 1. The first kappa shape index (κ1) is 18.7. The van der Waals surface area contributed by atoms with Gasteiger partial charge in [0.15, 0.2) is 6.67 Å². The van der Waals surface area contributed by atoms with Crippen molar-refractivity contribution in [3.63, 3.8) is 0 Å². The quantitative estimate of drug-likeness (QED) is 0.722. The van der Waals surface area contributed by atoms with Crippen molar-refractivity contribution in [1.29, 1.82) is 0 Å². The Morgan fingerprint density at radius 1 is 1.00 bits per heavy atom. The van der Waals surface area contributed by atoms with E-state index in [2.05, 4.69) is 0 Å². The van der Waals surface area contributed by atoms with Gasteiger partial charge in [-0.3, -0.25) is 14.5 Å². The standard InChI is InChI=1S/C19H18FN3O4S/c20-14-6-7-16-17(12-14)23(19(25)18(16)24)13-21-8-10-22(11-9-21)28(26,27)15-4-2-1-3-5-15/h1-7,12H,8-11,13H2/p+1. The fourth-order valence-corrected chi connectivity index (χ4v) is 5.05. The second-order valence-corrected chi connectivity index (χ2v) is 8.79. The zero-order valence-electron chi connectivity index (χ0n) is 15.0. The topological polar surface area (TPSA) is 79.2 Å². The number of rotatable bonds is 4. The van der Waals surface area contributed by atoms with Crippen LogP contribution in [0.2, 0.25) is 0 Å². The predicted octanol–water partition coefficient (Wildman–Crippen LogP) is -0.0981. The molecular formula is C19H19FN3O4S+. The summed E-state index contributed by atoms with van der Waals surface area (Å²) in [7, 11) is -3.55. The van der Waals surface area contributed by atoms with E-state index in [0.717, 1.165) is 11.0 Å². The maximum Gasteiger partial charge on any atom is 0.303 e. The van der Waals surface area contributed by atoms with E-state index in [9.17, 15) is 22.4 Å². The number of nitrogens with one attached hydrogen (secondary N) is 1. The van der Waals surface area contributed by atoms with Crippen LogP contribution in [0.25, 0.3) is 0 Å². The van der Waals surface area contributed by atoms with Crippen molar-refractivity contribution in [3.8, 4) is 0 Å². The van der Waals surface area contributed by atoms with Crippen molar-refractivity contribution in [2.45, 2.75) is 4.90 Å². The van der Waals surface area contributed by atoms with Crippen LogP contribution >= 0.6 is 0 Å². The maximum atomic E-state index is 13.6. The summed E-state index contributed by atoms with van der Waals surface area (Å²) >= 11 is 0. The molecular weight excluding hydrogens is 385 g/mol. The van der Waals surface area contributed by atoms with Crippen LogP contribution in [-0.4, -0.2) is 57.3 Å². The highest BCUT2D eigenvalue weighted by atomic mass is 32.2. The highest BCUT2D eigenvalue weighted by Crippen LogP contribution is 2.28. The smallest absolute Gasteiger partial charge is 0.303 e. The lowest BCUT2D eigenvalue weighted by Gasteiger charge is -2.33. The molecule has 0 unspecified atom stereocenters. The van der Waals surface area contributed by atoms with Crippen molar-refractivity contribution in [1.82, 2.24) is 4.31 Å². The van der Waals surface area contributed by atoms with Gasteiger partial charge in [-0.15, -0.1) is 0 Å². The molecule has 2 aliphatic heterocycles. The molecule has 0 aromatic heterocycles. The number of sulfonamides is 1. The number of hydrogen-bond donors (Lipinski definition) is 1. The van der Waals surface area contributed by atoms with Gasteiger partial charge >= 0.3 is 5.91 Å². The van der Waals surface area contributed by atoms with E-state index in [1.54, 1.807) is 30.3 Å². The number of quaternary nitrogens is 1. The molecule has 0 bridgehead atoms. The minimum Gasteiger partial charge on any atom is -0.315 e. The lowest BCUT2D eigenvalue weighted by Crippen LogP contribution is -3.16. The lowest BCUT2D eigenvalue weighted by molar-refractivity contribution is -0.902. The van der Waals surface area contributed by atoms with Crippen molar-refractivity contribution in [2.24, 2.45) is 0 Å². The minimum atomic E-state index is -3.55. The second-order valence-electron chi connectivity index (χ2n) is 6.85. The van der Waals surface area contributed by atoms with E-state index in [1.807, 2.05) is 0 Å². The molecule has 9 heteroatoms. The summed E-state index contributed by atoms with van der Waals surface area (Å²) in [4.78, 5) is 26.9. The molecule has 146 valence electrons. The number of anilines is 1. The first-order valence-corrected chi connectivity index (χ1v) is 10.4. The molecule has 0 radical (unpaired) electrons. The molecule has 0 atom stereocenters. The number of nitrogens with zero attached hydrogens (tertiary/aromatic N) is 2. The summed E-state index contributed by atoms with van der Waals surface area (Å²) in [5.74, 6) is -1.83. The lowest BCUT2D eigenvalue weighted by atomic mass is 10.1. The molecule has 2 aromatic carbocycles. The van der Waals surface area contributed by atoms with Crippen LogP contribution in [0.1, 0.15) is 10.4 Å². The Kier molecular flexibility index (Phi) is 4.74. The van der Waals surface area contributed by atoms with Gasteiger partial charge in [-0.05, 0) is 30.3 Å². The fraction of sp³-hybridized carbons (Fsp3) is 0.263. The average molecular weight is 404 g/mol. The Balaban J connectivity index is 1.45. The van der Waals surface area contributed by atoms with E-state index in [-0.39, 0.29) is 22.8 Å². The number of benzene rings is 2. The van der Waals surface area contributed by atoms with Crippen LogP contribution in [0, 0.1) is 5.82 Å². The number of halogens is 1. The van der Waals surface area contributed by atoms with Crippen LogP contribution in [0.4, 0.5) is 10.1 Å². The zero-order chi connectivity index (χ0) is 19.9. The first-order chi connectivity index (χ1) is 13.4. The largest absolute Gasteiger partial charge is 0.315 e. The third-order valence-electron chi connectivity index (χ3n) is 5.13. The number of ketones is 1. The number of hydrogen-bond acceptors (Lipinski definition) is 4. The van der Waals surface area contributed by atoms with Crippen LogP contribution in [0.3, 0.4) is 0 Å². The van der Waals surface area contributed by atoms with Gasteiger partial charge in [0.2, 0.25) is 10.0 Å². The van der Waals surface area contributed by atoms with Crippen LogP contribution in [0.5, 0.6) is 0 Å². The van der Waals surface area contributed by atoms with Gasteiger partial charge in [-0.25, -0.2) is 12.8 Å². The Morgan fingerprint density at radius 2 is 1.68 bits per heavy atom. The molecule has 1 saturated heterocycles. The molecule has 2 heterocycles. The summed E-state index contributed by atoms with van der Waals surface area (Å²) in [6.45, 7) is 1.76. The molecule has 2 aromatic rings. The summed E-state index contributed by atoms with van der Waals surface area (Å²) in [5.41, 5.74) is 0.484. The van der Waals surface area contributed by atoms with Gasteiger partial charge in [0.1, 0.15) is 5.82 Å². The van der Waals surface area contributed by atoms with Gasteiger partial charge in [0.25, 0.3) is 5.78 Å². The van der Waals surface area contributed by atoms with Gasteiger partial charge in [0.05, 0.1) is 42.3 Å². The van der Waals surface area contributed by atoms with Crippen LogP contribution in [-0.2, 0) is 14.8 Å². The Morgan fingerprint density at radius 3 is 2.36 bits per heavy atom. The summed E-state index contributed by atoms with van der Waals surface area (Å²) in [6, 6.07) is 11.9. The minimum absolute atomic E-state index is 0.195. The van der Waals surface area contributed by atoms with Crippen LogP contribution in [0.15, 0.2) is 53.4 Å². The Hall–Kier alpha value is -2.62. The predicted molar refractivity (Wildman–Crippen MR) is 99.0 cm³/mol. The average Bonchev–Trinajstić information content (AvgIpc) is 2.93. The summed E-state index contributed by atoms with van der Waals surface area (Å²) < 4.78 is 40.4. The summed E-state index contributed by atoms with van der Waals surface area (Å²) in [6.07, 6.45) is 0. The Bertz CT molecular complexity index is 1030. The highest BCUT2D eigenvalue weighted by molar-refractivity contribution is 7.89. The molecule has 28 heavy (non-hydrogen) atoms. The normalized spacial score (nSPS) is 18.5. The molecule has 1 N–H and O–H groups in total. The second kappa shape index (κ2) is 7.08. The van der Waals surface area contributed by atoms with E-state index in [4.69, 9.17) is 0 Å². The molecule has 0 aliphatic carbocycles. The molecule has 4 rings (SSSR count). The number of carbonyl (C=O) groups excluding carboxylic acids is 2. The third kappa shape index (κ3) is 3.21. The van der Waals surface area contributed by atoms with E-state index in [0.29, 0.717) is 26.2 Å². The third-order valence-corrected chi connectivity index (χ3v) is 7.04. The van der Waals surface area contributed by atoms with E-state index in [1.165, 1.54) is 21.3 Å². The number of piperazine rings is 1. The van der Waals surface area contributed by atoms with Gasteiger partial charge < -0.3 is 4.90 Å². The molecule has 1 fully saturated rings. The fourth-order valence-electron chi connectivity index (χ4n) is 3.59. The number of carbonyl (C=O) groups is 2. The van der Waals surface area contributed by atoms with Crippen molar-refractivity contribution >= 4 is 27.4 Å². The van der Waals surface area contributed by atoms with Crippen molar-refractivity contribution < 1.29 is 27.3 Å². The van der Waals surface area contributed by atoms with Crippen molar-refractivity contribution in [2.75, 3.05) is 37.7 Å². The Labute approximate surface area is 162 Å².